The monoisotopic (exact) mass is 354 g/mol. The molecular weight excluding hydrogens is 332 g/mol. The number of benzene rings is 2. The van der Waals surface area contributed by atoms with Crippen LogP contribution in [0.15, 0.2) is 53.4 Å². The van der Waals surface area contributed by atoms with Crippen LogP contribution in [0.5, 0.6) is 5.75 Å². The van der Waals surface area contributed by atoms with Gasteiger partial charge in [0.25, 0.3) is 5.91 Å². The van der Waals surface area contributed by atoms with Crippen molar-refractivity contribution in [1.29, 1.82) is 0 Å². The molecule has 0 aliphatic rings. The minimum absolute atomic E-state index is 0.0562. The molecule has 1 heterocycles. The number of aryl methyl sites for hydroxylation is 1. The van der Waals surface area contributed by atoms with Crippen LogP contribution in [-0.4, -0.2) is 29.8 Å². The largest absolute Gasteiger partial charge is 0.494 e. The van der Waals surface area contributed by atoms with E-state index in [0.29, 0.717) is 18.7 Å². The molecule has 0 fully saturated rings. The molecule has 4 nitrogen and oxygen atoms in total. The van der Waals surface area contributed by atoms with E-state index in [9.17, 15) is 4.79 Å². The second kappa shape index (κ2) is 8.12. The van der Waals surface area contributed by atoms with Crippen LogP contribution in [0.4, 0.5) is 0 Å². The molecule has 0 radical (unpaired) electrons. The molecule has 130 valence electrons. The van der Waals surface area contributed by atoms with Crippen molar-refractivity contribution in [1.82, 2.24) is 10.3 Å². The molecule has 0 aliphatic heterocycles. The SMILES string of the molecule is CCOc1ccc(C(=O)NCCSc2c(C)[nH]c3ccccc23)cc1. The average Bonchev–Trinajstić information content (AvgIpc) is 2.95. The number of aromatic amines is 1. The Balaban J connectivity index is 1.52. The highest BCUT2D eigenvalue weighted by atomic mass is 32.2. The van der Waals surface area contributed by atoms with Gasteiger partial charge >= 0.3 is 0 Å². The highest BCUT2D eigenvalue weighted by Crippen LogP contribution is 2.30. The lowest BCUT2D eigenvalue weighted by atomic mass is 10.2. The first-order valence-corrected chi connectivity index (χ1v) is 9.38. The normalized spacial score (nSPS) is 10.8. The minimum atomic E-state index is -0.0562. The number of ether oxygens (including phenoxy) is 1. The van der Waals surface area contributed by atoms with Gasteiger partial charge in [0.05, 0.1) is 6.61 Å². The van der Waals surface area contributed by atoms with Crippen LogP contribution < -0.4 is 10.1 Å². The number of rotatable bonds is 7. The van der Waals surface area contributed by atoms with E-state index in [1.807, 2.05) is 31.2 Å². The smallest absolute Gasteiger partial charge is 0.251 e. The Kier molecular flexibility index (Phi) is 5.66. The molecular formula is C20H22N2O2S. The van der Waals surface area contributed by atoms with Crippen LogP contribution in [0.25, 0.3) is 10.9 Å². The molecule has 0 bridgehead atoms. The quantitative estimate of drug-likeness (QED) is 0.488. The number of hydrogen-bond donors (Lipinski definition) is 2. The predicted molar refractivity (Wildman–Crippen MR) is 104 cm³/mol. The van der Waals surface area contributed by atoms with E-state index in [2.05, 4.69) is 29.4 Å². The number of amides is 1. The Labute approximate surface area is 152 Å². The highest BCUT2D eigenvalue weighted by molar-refractivity contribution is 7.99. The van der Waals surface area contributed by atoms with Crippen molar-refractivity contribution in [2.45, 2.75) is 18.7 Å². The lowest BCUT2D eigenvalue weighted by molar-refractivity contribution is 0.0956. The molecule has 3 rings (SSSR count). The Bertz CT molecular complexity index is 856. The van der Waals surface area contributed by atoms with Gasteiger partial charge in [-0.1, -0.05) is 18.2 Å². The fourth-order valence-corrected chi connectivity index (χ4v) is 3.74. The molecule has 2 aromatic carbocycles. The van der Waals surface area contributed by atoms with Crippen molar-refractivity contribution in [3.05, 3.63) is 59.8 Å². The number of carbonyl (C=O) groups excluding carboxylic acids is 1. The van der Waals surface area contributed by atoms with Crippen molar-refractivity contribution < 1.29 is 9.53 Å². The molecule has 0 atom stereocenters. The minimum Gasteiger partial charge on any atom is -0.494 e. The molecule has 5 heteroatoms. The predicted octanol–water partition coefficient (Wildman–Crippen LogP) is 4.40. The van der Waals surface area contributed by atoms with Crippen molar-refractivity contribution in [3.63, 3.8) is 0 Å². The third-order valence-corrected chi connectivity index (χ3v) is 5.12. The zero-order valence-corrected chi connectivity index (χ0v) is 15.3. The maximum atomic E-state index is 12.2. The van der Waals surface area contributed by atoms with E-state index in [-0.39, 0.29) is 5.91 Å². The summed E-state index contributed by atoms with van der Waals surface area (Å²) in [5.41, 5.74) is 2.97. The summed E-state index contributed by atoms with van der Waals surface area (Å²) in [7, 11) is 0. The van der Waals surface area contributed by atoms with Gasteiger partial charge < -0.3 is 15.0 Å². The standard InChI is InChI=1S/C20H22N2O2S/c1-3-24-16-10-8-15(9-11-16)20(23)21-12-13-25-19-14(2)22-18-7-5-4-6-17(18)19/h4-11,22H,3,12-13H2,1-2H3,(H,21,23). The molecule has 1 aromatic heterocycles. The lowest BCUT2D eigenvalue weighted by Crippen LogP contribution is -2.25. The maximum absolute atomic E-state index is 12.2. The summed E-state index contributed by atoms with van der Waals surface area (Å²) >= 11 is 1.76. The second-order valence-corrected chi connectivity index (χ2v) is 6.79. The van der Waals surface area contributed by atoms with Crippen molar-refractivity contribution >= 4 is 28.6 Å². The molecule has 0 aliphatic carbocycles. The maximum Gasteiger partial charge on any atom is 0.251 e. The van der Waals surface area contributed by atoms with E-state index in [0.717, 1.165) is 17.0 Å². The van der Waals surface area contributed by atoms with Crippen LogP contribution in [0.2, 0.25) is 0 Å². The van der Waals surface area contributed by atoms with Gasteiger partial charge in [-0.3, -0.25) is 4.79 Å². The van der Waals surface area contributed by atoms with E-state index >= 15 is 0 Å². The molecule has 3 aromatic rings. The number of carbonyl (C=O) groups is 1. The number of nitrogens with one attached hydrogen (secondary N) is 2. The van der Waals surface area contributed by atoms with Gasteiger partial charge in [-0.25, -0.2) is 0 Å². The van der Waals surface area contributed by atoms with Crippen molar-refractivity contribution in [2.75, 3.05) is 18.9 Å². The Morgan fingerprint density at radius 1 is 1.16 bits per heavy atom. The van der Waals surface area contributed by atoms with Gasteiger partial charge in [0.15, 0.2) is 0 Å². The summed E-state index contributed by atoms with van der Waals surface area (Å²) in [5.74, 6) is 1.55. The summed E-state index contributed by atoms with van der Waals surface area (Å²) in [4.78, 5) is 16.8. The first kappa shape index (κ1) is 17.4. The first-order valence-electron chi connectivity index (χ1n) is 8.40. The van der Waals surface area contributed by atoms with Gasteiger partial charge in [0, 0.05) is 39.4 Å². The third kappa shape index (κ3) is 4.17. The van der Waals surface area contributed by atoms with Gasteiger partial charge in [-0.2, -0.15) is 0 Å². The second-order valence-electron chi connectivity index (χ2n) is 5.69. The molecule has 1 amide bonds. The summed E-state index contributed by atoms with van der Waals surface area (Å²) in [5, 5.41) is 4.21. The Hall–Kier alpha value is -2.40. The fraction of sp³-hybridized carbons (Fsp3) is 0.250. The molecule has 0 saturated carbocycles. The molecule has 0 unspecified atom stereocenters. The summed E-state index contributed by atoms with van der Waals surface area (Å²) < 4.78 is 5.39. The molecule has 2 N–H and O–H groups in total. The van der Waals surface area contributed by atoms with E-state index < -0.39 is 0 Å². The van der Waals surface area contributed by atoms with Gasteiger partial charge in [0.1, 0.15) is 5.75 Å². The topological polar surface area (TPSA) is 54.1 Å². The van der Waals surface area contributed by atoms with E-state index in [1.54, 1.807) is 23.9 Å². The van der Waals surface area contributed by atoms with Gasteiger partial charge in [-0.05, 0) is 44.2 Å². The van der Waals surface area contributed by atoms with E-state index in [4.69, 9.17) is 4.74 Å². The number of aromatic nitrogens is 1. The van der Waals surface area contributed by atoms with Crippen LogP contribution in [0, 0.1) is 6.92 Å². The van der Waals surface area contributed by atoms with Gasteiger partial charge in [-0.15, -0.1) is 11.8 Å². The number of H-pyrrole nitrogens is 1. The number of para-hydroxylation sites is 1. The van der Waals surface area contributed by atoms with Crippen molar-refractivity contribution in [2.24, 2.45) is 0 Å². The van der Waals surface area contributed by atoms with Crippen LogP contribution in [0.3, 0.4) is 0 Å². The summed E-state index contributed by atoms with van der Waals surface area (Å²) in [6, 6.07) is 15.5. The summed E-state index contributed by atoms with van der Waals surface area (Å²) in [6.07, 6.45) is 0. The highest BCUT2D eigenvalue weighted by Gasteiger charge is 2.09. The number of thioether (sulfide) groups is 1. The van der Waals surface area contributed by atoms with E-state index in [1.165, 1.54) is 16.0 Å². The average molecular weight is 354 g/mol. The summed E-state index contributed by atoms with van der Waals surface area (Å²) in [6.45, 7) is 5.26. The first-order chi connectivity index (χ1) is 12.2. The number of fused-ring (bicyclic) bond motifs is 1. The third-order valence-electron chi connectivity index (χ3n) is 3.90. The zero-order chi connectivity index (χ0) is 17.6. The Morgan fingerprint density at radius 2 is 1.92 bits per heavy atom. The molecule has 0 spiro atoms. The van der Waals surface area contributed by atoms with Gasteiger partial charge in [0.2, 0.25) is 0 Å². The molecule has 0 saturated heterocycles. The van der Waals surface area contributed by atoms with Crippen molar-refractivity contribution in [3.8, 4) is 5.75 Å². The molecule has 25 heavy (non-hydrogen) atoms. The number of hydrogen-bond acceptors (Lipinski definition) is 3. The van der Waals surface area contributed by atoms with Crippen LogP contribution >= 0.6 is 11.8 Å². The zero-order valence-electron chi connectivity index (χ0n) is 14.5. The Morgan fingerprint density at radius 3 is 2.68 bits per heavy atom. The van der Waals surface area contributed by atoms with Crippen LogP contribution in [0.1, 0.15) is 23.0 Å². The van der Waals surface area contributed by atoms with Crippen LogP contribution in [-0.2, 0) is 0 Å². The fourth-order valence-electron chi connectivity index (χ4n) is 2.73. The lowest BCUT2D eigenvalue weighted by Gasteiger charge is -2.07.